The summed E-state index contributed by atoms with van der Waals surface area (Å²) in [6, 6.07) is 5.65. The van der Waals surface area contributed by atoms with Crippen LogP contribution in [0.4, 0.5) is 13.2 Å². The molecule has 7 nitrogen and oxygen atoms in total. The standard InChI is InChI=1S/C21H21F3N2O5S/c1-3-30-19(27)7-6-14-5-4-8-25-20(14)15-9-16(21(22,23)24)11-18(10-15)32(28,29)26(2)12-17-13-31-17/h4-11,17H,3,12-13H2,1-2H3. The van der Waals surface area contributed by atoms with E-state index in [-0.39, 0.29) is 30.5 Å². The molecule has 0 aliphatic carbocycles. The molecule has 1 aromatic heterocycles. The van der Waals surface area contributed by atoms with Crippen LogP contribution in [-0.4, -0.2) is 56.6 Å². The molecule has 0 radical (unpaired) electrons. The summed E-state index contributed by atoms with van der Waals surface area (Å²) in [4.78, 5) is 15.2. The summed E-state index contributed by atoms with van der Waals surface area (Å²) in [6.07, 6.45) is -1.21. The van der Waals surface area contributed by atoms with Crippen molar-refractivity contribution in [3.8, 4) is 11.3 Å². The fourth-order valence-electron chi connectivity index (χ4n) is 2.93. The number of alkyl halides is 3. The van der Waals surface area contributed by atoms with E-state index >= 15 is 0 Å². The quantitative estimate of drug-likeness (QED) is 0.334. The zero-order valence-corrected chi connectivity index (χ0v) is 18.1. The lowest BCUT2D eigenvalue weighted by Gasteiger charge is -2.18. The Morgan fingerprint density at radius 1 is 1.34 bits per heavy atom. The van der Waals surface area contributed by atoms with Crippen LogP contribution < -0.4 is 0 Å². The molecule has 2 heterocycles. The summed E-state index contributed by atoms with van der Waals surface area (Å²) >= 11 is 0. The highest BCUT2D eigenvalue weighted by atomic mass is 32.2. The van der Waals surface area contributed by atoms with Crippen LogP contribution in [0.2, 0.25) is 0 Å². The predicted octanol–water partition coefficient (Wildman–Crippen LogP) is 3.36. The van der Waals surface area contributed by atoms with E-state index in [4.69, 9.17) is 9.47 Å². The zero-order chi connectivity index (χ0) is 23.5. The molecule has 0 amide bonds. The largest absolute Gasteiger partial charge is 0.463 e. The van der Waals surface area contributed by atoms with E-state index in [1.54, 1.807) is 19.1 Å². The molecule has 11 heteroatoms. The van der Waals surface area contributed by atoms with Crippen molar-refractivity contribution in [1.29, 1.82) is 0 Å². The lowest BCUT2D eigenvalue weighted by atomic mass is 10.0. The van der Waals surface area contributed by atoms with Gasteiger partial charge in [-0.05, 0) is 37.3 Å². The van der Waals surface area contributed by atoms with Gasteiger partial charge in [0.05, 0.1) is 35.5 Å². The molecule has 1 aliphatic heterocycles. The number of rotatable bonds is 8. The summed E-state index contributed by atoms with van der Waals surface area (Å²) in [5.74, 6) is -0.626. The highest BCUT2D eigenvalue weighted by Crippen LogP contribution is 2.36. The number of benzene rings is 1. The molecule has 1 aliphatic rings. The number of halogens is 3. The van der Waals surface area contributed by atoms with Crippen molar-refractivity contribution in [2.75, 3.05) is 26.8 Å². The Balaban J connectivity index is 2.09. The first-order valence-electron chi connectivity index (χ1n) is 9.63. The van der Waals surface area contributed by atoms with Gasteiger partial charge in [-0.3, -0.25) is 4.98 Å². The number of epoxide rings is 1. The van der Waals surface area contributed by atoms with Crippen molar-refractivity contribution in [3.05, 3.63) is 53.7 Å². The van der Waals surface area contributed by atoms with Crippen molar-refractivity contribution in [1.82, 2.24) is 9.29 Å². The Labute approximate surface area is 183 Å². The maximum absolute atomic E-state index is 13.6. The van der Waals surface area contributed by atoms with Gasteiger partial charge in [-0.1, -0.05) is 6.07 Å². The number of ether oxygens (including phenoxy) is 2. The molecule has 0 spiro atoms. The number of pyridine rings is 1. The van der Waals surface area contributed by atoms with E-state index in [1.807, 2.05) is 0 Å². The summed E-state index contributed by atoms with van der Waals surface area (Å²) in [5.41, 5.74) is -0.777. The number of sulfonamides is 1. The minimum atomic E-state index is -4.78. The van der Waals surface area contributed by atoms with Crippen LogP contribution in [0, 0.1) is 0 Å². The molecule has 0 bridgehead atoms. The van der Waals surface area contributed by atoms with E-state index in [0.29, 0.717) is 18.2 Å². The summed E-state index contributed by atoms with van der Waals surface area (Å²) in [6.45, 7) is 2.23. The topological polar surface area (TPSA) is 89.1 Å². The molecule has 1 aromatic carbocycles. The Morgan fingerprint density at radius 2 is 2.06 bits per heavy atom. The van der Waals surface area contributed by atoms with Crippen molar-refractivity contribution >= 4 is 22.1 Å². The monoisotopic (exact) mass is 470 g/mol. The van der Waals surface area contributed by atoms with Crippen molar-refractivity contribution in [2.45, 2.75) is 24.1 Å². The Bertz CT molecular complexity index is 1130. The first-order valence-corrected chi connectivity index (χ1v) is 11.1. The van der Waals surface area contributed by atoms with Crippen LogP contribution in [0.25, 0.3) is 17.3 Å². The number of carbonyl (C=O) groups is 1. The van der Waals surface area contributed by atoms with E-state index in [0.717, 1.165) is 22.5 Å². The van der Waals surface area contributed by atoms with Crippen LogP contribution >= 0.6 is 0 Å². The third-order valence-corrected chi connectivity index (χ3v) is 6.40. The molecule has 3 rings (SSSR count). The molecular formula is C21H21F3N2O5S. The third kappa shape index (κ3) is 5.72. The van der Waals surface area contributed by atoms with Gasteiger partial charge in [0.25, 0.3) is 0 Å². The van der Waals surface area contributed by atoms with Crippen molar-refractivity contribution in [3.63, 3.8) is 0 Å². The number of hydrogen-bond donors (Lipinski definition) is 0. The lowest BCUT2D eigenvalue weighted by molar-refractivity contribution is -0.138. The number of hydrogen-bond acceptors (Lipinski definition) is 6. The number of esters is 1. The maximum atomic E-state index is 13.6. The van der Waals surface area contributed by atoms with Gasteiger partial charge in [-0.15, -0.1) is 0 Å². The van der Waals surface area contributed by atoms with Gasteiger partial charge in [0, 0.05) is 37.0 Å². The van der Waals surface area contributed by atoms with Gasteiger partial charge in [0.1, 0.15) is 0 Å². The number of carbonyl (C=O) groups excluding carboxylic acids is 1. The molecular weight excluding hydrogens is 449 g/mol. The normalized spacial score (nSPS) is 16.5. The minimum Gasteiger partial charge on any atom is -0.463 e. The van der Waals surface area contributed by atoms with E-state index in [1.165, 1.54) is 19.3 Å². The van der Waals surface area contributed by atoms with Crippen LogP contribution in [0.5, 0.6) is 0 Å². The Kier molecular flexibility index (Phi) is 7.01. The van der Waals surface area contributed by atoms with Gasteiger partial charge in [-0.2, -0.15) is 17.5 Å². The van der Waals surface area contributed by atoms with E-state index in [2.05, 4.69) is 4.98 Å². The SMILES string of the molecule is CCOC(=O)C=Cc1cccnc1-c1cc(C(F)(F)F)cc(S(=O)(=O)N(C)CC2CO2)c1. The van der Waals surface area contributed by atoms with Gasteiger partial charge >= 0.3 is 12.1 Å². The van der Waals surface area contributed by atoms with Gasteiger partial charge < -0.3 is 9.47 Å². The van der Waals surface area contributed by atoms with Gasteiger partial charge in [0.15, 0.2) is 0 Å². The Hall–Kier alpha value is -2.76. The molecule has 172 valence electrons. The average Bonchev–Trinajstić information content (AvgIpc) is 3.55. The summed E-state index contributed by atoms with van der Waals surface area (Å²) in [5, 5.41) is 0. The van der Waals surface area contributed by atoms with Crippen LogP contribution in [0.1, 0.15) is 18.1 Å². The van der Waals surface area contributed by atoms with Crippen LogP contribution in [0.3, 0.4) is 0 Å². The second kappa shape index (κ2) is 9.39. The fourth-order valence-corrected chi connectivity index (χ4v) is 4.20. The smallest absolute Gasteiger partial charge is 0.416 e. The molecule has 1 atom stereocenters. The lowest BCUT2D eigenvalue weighted by Crippen LogP contribution is -2.30. The van der Waals surface area contributed by atoms with Gasteiger partial charge in [-0.25, -0.2) is 13.2 Å². The van der Waals surface area contributed by atoms with Gasteiger partial charge in [0.2, 0.25) is 10.0 Å². The molecule has 1 fully saturated rings. The number of nitrogens with zero attached hydrogens (tertiary/aromatic N) is 2. The van der Waals surface area contributed by atoms with Crippen LogP contribution in [0.15, 0.2) is 47.5 Å². The molecule has 1 saturated heterocycles. The third-order valence-electron chi connectivity index (χ3n) is 4.60. The maximum Gasteiger partial charge on any atom is 0.416 e. The second-order valence-electron chi connectivity index (χ2n) is 7.01. The number of likely N-dealkylation sites (N-methyl/N-ethyl adjacent to an activating group) is 1. The Morgan fingerprint density at radius 3 is 2.69 bits per heavy atom. The van der Waals surface area contributed by atoms with Crippen LogP contribution in [-0.2, 0) is 30.5 Å². The second-order valence-corrected chi connectivity index (χ2v) is 9.06. The van der Waals surface area contributed by atoms with Crippen molar-refractivity contribution < 1.29 is 35.9 Å². The minimum absolute atomic E-state index is 0.0328. The van der Waals surface area contributed by atoms with Crippen molar-refractivity contribution in [2.24, 2.45) is 0 Å². The highest BCUT2D eigenvalue weighted by Gasteiger charge is 2.35. The summed E-state index contributed by atoms with van der Waals surface area (Å²) < 4.78 is 77.4. The molecule has 2 aromatic rings. The first-order chi connectivity index (χ1) is 15.0. The first kappa shape index (κ1) is 23.9. The summed E-state index contributed by atoms with van der Waals surface area (Å²) in [7, 11) is -2.94. The molecule has 0 saturated carbocycles. The molecule has 1 unspecified atom stereocenters. The zero-order valence-electron chi connectivity index (χ0n) is 17.3. The molecule has 0 N–H and O–H groups in total. The highest BCUT2D eigenvalue weighted by molar-refractivity contribution is 7.89. The average molecular weight is 470 g/mol. The van der Waals surface area contributed by atoms with E-state index in [9.17, 15) is 26.4 Å². The van der Waals surface area contributed by atoms with E-state index < -0.39 is 32.6 Å². The molecule has 32 heavy (non-hydrogen) atoms. The fraction of sp³-hybridized carbons (Fsp3) is 0.333. The predicted molar refractivity (Wildman–Crippen MR) is 110 cm³/mol. The number of aromatic nitrogens is 1.